The van der Waals surface area contributed by atoms with E-state index in [1.165, 1.54) is 6.07 Å². The zero-order chi connectivity index (χ0) is 35.1. The number of imide groups is 1. The highest BCUT2D eigenvalue weighted by Crippen LogP contribution is 2.37. The first-order valence-corrected chi connectivity index (χ1v) is 19.1. The van der Waals surface area contributed by atoms with Crippen molar-refractivity contribution in [2.75, 3.05) is 57.4 Å². The maximum atomic E-state index is 15.0. The lowest BCUT2D eigenvalue weighted by Crippen LogP contribution is -2.53. The Kier molecular flexibility index (Phi) is 9.73. The number of amides is 3. The summed E-state index contributed by atoms with van der Waals surface area (Å²) in [5.41, 5.74) is 2.52. The van der Waals surface area contributed by atoms with E-state index in [0.717, 1.165) is 82.9 Å². The number of hydrogen-bond acceptors (Lipinski definition) is 10. The quantitative estimate of drug-likeness (QED) is 0.300. The Balaban J connectivity index is 0.805. The lowest BCUT2D eigenvalue weighted by molar-refractivity contribution is -0.136. The van der Waals surface area contributed by atoms with Crippen molar-refractivity contribution in [2.24, 2.45) is 11.8 Å². The third-order valence-electron chi connectivity index (χ3n) is 11.0. The number of fused-ring (bicyclic) bond motifs is 2. The van der Waals surface area contributed by atoms with Crippen LogP contribution in [0, 0.1) is 17.7 Å². The molecule has 0 bridgehead atoms. The fraction of sp³-hybridized carbons (Fsp3) is 0.541. The minimum Gasteiger partial charge on any atom is -0.493 e. The van der Waals surface area contributed by atoms with E-state index in [1.807, 2.05) is 12.1 Å². The molecule has 2 N–H and O–H groups in total. The van der Waals surface area contributed by atoms with Crippen molar-refractivity contribution in [1.29, 1.82) is 0 Å². The number of piperidine rings is 2. The van der Waals surface area contributed by atoms with Gasteiger partial charge in [0, 0.05) is 85.9 Å². The molecule has 6 heterocycles. The SMILES string of the molecule is O=C1CCC(N2Cc3c(cccc3N3CC(CN4CCC(COc5cc(F)c6c(=O)[nH]c(CSC7CCOCC7)nc6c5)CC4)C3)C2=O)C(=O)N1. The number of benzene rings is 2. The summed E-state index contributed by atoms with van der Waals surface area (Å²) in [6.07, 6.45) is 4.52. The van der Waals surface area contributed by atoms with E-state index in [1.54, 1.807) is 22.7 Å². The van der Waals surface area contributed by atoms with Crippen LogP contribution < -0.4 is 20.5 Å². The molecule has 0 aliphatic carbocycles. The second kappa shape index (κ2) is 14.5. The number of likely N-dealkylation sites (tertiary alicyclic amines) is 1. The van der Waals surface area contributed by atoms with Crippen molar-refractivity contribution in [2.45, 2.75) is 62.1 Å². The predicted octanol–water partition coefficient (Wildman–Crippen LogP) is 3.46. The summed E-state index contributed by atoms with van der Waals surface area (Å²) in [5.74, 6) is 0.924. The Morgan fingerprint density at radius 2 is 1.80 bits per heavy atom. The molecule has 0 saturated carbocycles. The Morgan fingerprint density at radius 3 is 2.59 bits per heavy atom. The Hall–Kier alpha value is -4.01. The monoisotopic (exact) mass is 718 g/mol. The number of hydrogen-bond donors (Lipinski definition) is 2. The van der Waals surface area contributed by atoms with Gasteiger partial charge in [-0.1, -0.05) is 6.07 Å². The van der Waals surface area contributed by atoms with Crippen molar-refractivity contribution in [3.8, 4) is 5.75 Å². The first-order valence-electron chi connectivity index (χ1n) is 18.1. The Bertz CT molecular complexity index is 1890. The van der Waals surface area contributed by atoms with Crippen LogP contribution in [-0.2, 0) is 26.6 Å². The summed E-state index contributed by atoms with van der Waals surface area (Å²) in [6.45, 7) is 7.13. The van der Waals surface area contributed by atoms with E-state index < -0.39 is 23.3 Å². The number of carbonyl (C=O) groups is 3. The van der Waals surface area contributed by atoms with E-state index in [-0.39, 0.29) is 23.6 Å². The molecule has 1 atom stereocenters. The number of thioether (sulfide) groups is 1. The normalized spacial score (nSPS) is 22.4. The molecule has 8 rings (SSSR count). The molecule has 0 radical (unpaired) electrons. The van der Waals surface area contributed by atoms with Gasteiger partial charge in [-0.3, -0.25) is 24.5 Å². The van der Waals surface area contributed by atoms with Crippen molar-refractivity contribution in [3.63, 3.8) is 0 Å². The smallest absolute Gasteiger partial charge is 0.261 e. The predicted molar refractivity (Wildman–Crippen MR) is 190 cm³/mol. The number of carbonyl (C=O) groups excluding carboxylic acids is 3. The summed E-state index contributed by atoms with van der Waals surface area (Å²) < 4.78 is 26.5. The summed E-state index contributed by atoms with van der Waals surface area (Å²) in [7, 11) is 0. The molecule has 12 nitrogen and oxygen atoms in total. The molecule has 2 aromatic carbocycles. The molecule has 3 aromatic rings. The molecule has 5 aliphatic rings. The standard InChI is InChI=1S/C37H43FN6O6S/c38-28-14-24(15-29-34(28)36(47)40-32(39-29)21-51-25-8-12-49-13-9-25)50-20-22-6-10-42(11-7-22)16-23-17-43(18-23)30-3-1-2-26-27(30)19-44(37(26)48)31-4-5-33(45)41-35(31)46/h1-3,14-15,22-23,25,31H,4-13,16-21H2,(H,39,40,47)(H,41,45,46). The van der Waals surface area contributed by atoms with Gasteiger partial charge in [0.1, 0.15) is 28.8 Å². The van der Waals surface area contributed by atoms with Crippen LogP contribution in [0.5, 0.6) is 5.75 Å². The minimum atomic E-state index is -0.622. The lowest BCUT2D eigenvalue weighted by atomic mass is 9.93. The van der Waals surface area contributed by atoms with E-state index in [2.05, 4.69) is 31.2 Å². The second-order valence-corrected chi connectivity index (χ2v) is 15.8. The summed E-state index contributed by atoms with van der Waals surface area (Å²) in [5, 5.41) is 2.80. The molecule has 0 spiro atoms. The molecule has 3 amide bonds. The van der Waals surface area contributed by atoms with Gasteiger partial charge < -0.3 is 29.2 Å². The number of aromatic amines is 1. The van der Waals surface area contributed by atoms with Gasteiger partial charge in [0.15, 0.2) is 0 Å². The number of ether oxygens (including phenoxy) is 2. The van der Waals surface area contributed by atoms with Crippen LogP contribution in [0.2, 0.25) is 0 Å². The molecule has 4 saturated heterocycles. The second-order valence-electron chi connectivity index (χ2n) is 14.5. The first kappa shape index (κ1) is 34.1. The third-order valence-corrected chi connectivity index (χ3v) is 12.4. The molecule has 1 aromatic heterocycles. The molecule has 51 heavy (non-hydrogen) atoms. The summed E-state index contributed by atoms with van der Waals surface area (Å²) in [4.78, 5) is 63.8. The first-order chi connectivity index (χ1) is 24.8. The zero-order valence-electron chi connectivity index (χ0n) is 28.5. The van der Waals surface area contributed by atoms with Crippen LogP contribution in [0.3, 0.4) is 0 Å². The van der Waals surface area contributed by atoms with Gasteiger partial charge in [0.05, 0.1) is 17.9 Å². The van der Waals surface area contributed by atoms with Crippen LogP contribution in [-0.4, -0.2) is 101 Å². The maximum absolute atomic E-state index is 15.0. The van der Waals surface area contributed by atoms with Gasteiger partial charge in [0.2, 0.25) is 11.8 Å². The summed E-state index contributed by atoms with van der Waals surface area (Å²) in [6, 6.07) is 8.15. The van der Waals surface area contributed by atoms with Crippen molar-refractivity contribution in [3.05, 3.63) is 63.5 Å². The number of anilines is 1. The van der Waals surface area contributed by atoms with Crippen molar-refractivity contribution < 1.29 is 28.2 Å². The van der Waals surface area contributed by atoms with Crippen molar-refractivity contribution >= 4 is 46.1 Å². The molecular formula is C37H43FN6O6S. The number of aromatic nitrogens is 2. The highest BCUT2D eigenvalue weighted by atomic mass is 32.2. The van der Waals surface area contributed by atoms with Gasteiger partial charge in [-0.25, -0.2) is 9.37 Å². The highest BCUT2D eigenvalue weighted by molar-refractivity contribution is 7.99. The summed E-state index contributed by atoms with van der Waals surface area (Å²) >= 11 is 1.75. The fourth-order valence-electron chi connectivity index (χ4n) is 8.10. The van der Waals surface area contributed by atoms with Gasteiger partial charge in [0.25, 0.3) is 11.5 Å². The van der Waals surface area contributed by atoms with Gasteiger partial charge in [-0.05, 0) is 63.2 Å². The van der Waals surface area contributed by atoms with Crippen LogP contribution >= 0.6 is 11.8 Å². The van der Waals surface area contributed by atoms with Crippen molar-refractivity contribution in [1.82, 2.24) is 25.1 Å². The van der Waals surface area contributed by atoms with E-state index in [4.69, 9.17) is 9.47 Å². The maximum Gasteiger partial charge on any atom is 0.261 e. The molecule has 1 unspecified atom stereocenters. The molecule has 14 heteroatoms. The fourth-order valence-corrected chi connectivity index (χ4v) is 9.16. The van der Waals surface area contributed by atoms with Crippen LogP contribution in [0.25, 0.3) is 10.9 Å². The van der Waals surface area contributed by atoms with E-state index >= 15 is 4.39 Å². The number of H-pyrrole nitrogens is 1. The lowest BCUT2D eigenvalue weighted by Gasteiger charge is -2.45. The minimum absolute atomic E-state index is 0.0376. The average molecular weight is 719 g/mol. The zero-order valence-corrected chi connectivity index (χ0v) is 29.4. The number of halogens is 1. The molecular weight excluding hydrogens is 676 g/mol. The molecule has 4 fully saturated rings. The van der Waals surface area contributed by atoms with Gasteiger partial charge >= 0.3 is 0 Å². The van der Waals surface area contributed by atoms with Crippen LogP contribution in [0.1, 0.15) is 60.3 Å². The van der Waals surface area contributed by atoms with Gasteiger partial charge in [-0.15, -0.1) is 0 Å². The van der Waals surface area contributed by atoms with Crippen LogP contribution in [0.4, 0.5) is 10.1 Å². The molecule has 5 aliphatic heterocycles. The number of nitrogens with zero attached hydrogens (tertiary/aromatic N) is 4. The largest absolute Gasteiger partial charge is 0.493 e. The van der Waals surface area contributed by atoms with E-state index in [9.17, 15) is 19.2 Å². The van der Waals surface area contributed by atoms with Gasteiger partial charge in [-0.2, -0.15) is 11.8 Å². The van der Waals surface area contributed by atoms with Crippen LogP contribution in [0.15, 0.2) is 35.1 Å². The Labute approximate surface area is 299 Å². The number of nitrogens with one attached hydrogen (secondary N) is 2. The third kappa shape index (κ3) is 7.22. The molecule has 270 valence electrons. The van der Waals surface area contributed by atoms with E-state index in [0.29, 0.717) is 65.1 Å². The Morgan fingerprint density at radius 1 is 1.00 bits per heavy atom. The average Bonchev–Trinajstić information content (AvgIpc) is 3.44. The number of rotatable bonds is 10. The topological polar surface area (TPSA) is 137 Å². The highest BCUT2D eigenvalue weighted by Gasteiger charge is 2.41.